The normalized spacial score (nSPS) is 13.3. The van der Waals surface area contributed by atoms with Gasteiger partial charge in [-0.3, -0.25) is 0 Å². The van der Waals surface area contributed by atoms with E-state index in [1.165, 1.54) is 6.07 Å². The van der Waals surface area contributed by atoms with Crippen molar-refractivity contribution in [2.24, 2.45) is 4.40 Å². The average molecular weight is 406 g/mol. The molecule has 1 unspecified atom stereocenters. The van der Waals surface area contributed by atoms with Crippen molar-refractivity contribution >= 4 is 38.1 Å². The average Bonchev–Trinajstić information content (AvgIpc) is 3.38. The molecular weight excluding hydrogens is 392 g/mol. The van der Waals surface area contributed by atoms with Crippen LogP contribution < -0.4 is 0 Å². The Morgan fingerprint density at radius 2 is 1.82 bits per heavy atom. The standard InChI is InChI=1S/C20H14N4O2S2/c21-13-15(20-22-16-9-4-5-10-17(16)23-20)19(14-7-2-1-3-8-14)24-28(25,26)18-11-6-12-27-18/h1-12,15H,(H,22,23). The number of thiophene rings is 1. The summed E-state index contributed by atoms with van der Waals surface area (Å²) in [5.74, 6) is -0.614. The highest BCUT2D eigenvalue weighted by molar-refractivity contribution is 7.92. The maximum Gasteiger partial charge on any atom is 0.292 e. The van der Waals surface area contributed by atoms with E-state index in [-0.39, 0.29) is 9.92 Å². The van der Waals surface area contributed by atoms with Crippen molar-refractivity contribution in [3.8, 4) is 6.07 Å². The molecule has 1 N–H and O–H groups in total. The molecule has 0 bridgehead atoms. The summed E-state index contributed by atoms with van der Waals surface area (Å²) in [4.78, 5) is 7.58. The zero-order chi connectivity index (χ0) is 19.6. The van der Waals surface area contributed by atoms with Gasteiger partial charge in [-0.05, 0) is 29.1 Å². The monoisotopic (exact) mass is 406 g/mol. The first-order chi connectivity index (χ1) is 13.6. The minimum absolute atomic E-state index is 0.127. The first kappa shape index (κ1) is 18.1. The van der Waals surface area contributed by atoms with Crippen LogP contribution in [-0.4, -0.2) is 24.1 Å². The number of benzene rings is 2. The number of aromatic nitrogens is 2. The van der Waals surface area contributed by atoms with Gasteiger partial charge in [0.25, 0.3) is 10.0 Å². The lowest BCUT2D eigenvalue weighted by molar-refractivity contribution is 0.600. The second-order valence-electron chi connectivity index (χ2n) is 5.95. The van der Waals surface area contributed by atoms with Crippen molar-refractivity contribution in [1.29, 1.82) is 5.26 Å². The Morgan fingerprint density at radius 3 is 2.50 bits per heavy atom. The summed E-state index contributed by atoms with van der Waals surface area (Å²) in [5, 5.41) is 11.6. The molecule has 0 saturated heterocycles. The van der Waals surface area contributed by atoms with Crippen LogP contribution in [0.25, 0.3) is 11.0 Å². The van der Waals surface area contributed by atoms with Gasteiger partial charge in [0, 0.05) is 0 Å². The summed E-state index contributed by atoms with van der Waals surface area (Å²) in [6, 6.07) is 21.5. The highest BCUT2D eigenvalue weighted by Crippen LogP contribution is 2.26. The number of hydrogen-bond donors (Lipinski definition) is 1. The first-order valence-corrected chi connectivity index (χ1v) is 10.7. The Kier molecular flexibility index (Phi) is 4.77. The maximum atomic E-state index is 12.8. The molecule has 2 aromatic carbocycles. The van der Waals surface area contributed by atoms with Gasteiger partial charge in [0.15, 0.2) is 0 Å². The van der Waals surface area contributed by atoms with Crippen molar-refractivity contribution in [2.75, 3.05) is 0 Å². The number of nitriles is 1. The molecule has 0 radical (unpaired) electrons. The molecule has 0 fully saturated rings. The van der Waals surface area contributed by atoms with Crippen molar-refractivity contribution in [1.82, 2.24) is 9.97 Å². The van der Waals surface area contributed by atoms with Gasteiger partial charge in [-0.15, -0.1) is 11.3 Å². The number of aromatic amines is 1. The number of nitrogens with one attached hydrogen (secondary N) is 1. The van der Waals surface area contributed by atoms with Crippen molar-refractivity contribution in [2.45, 2.75) is 10.1 Å². The molecule has 0 aliphatic rings. The fourth-order valence-electron chi connectivity index (χ4n) is 2.83. The van der Waals surface area contributed by atoms with Crippen LogP contribution in [0.15, 0.2) is 80.7 Å². The number of hydrogen-bond acceptors (Lipinski definition) is 5. The lowest BCUT2D eigenvalue weighted by atomic mass is 9.97. The Labute approximate surface area is 165 Å². The van der Waals surface area contributed by atoms with E-state index in [1.54, 1.807) is 35.7 Å². The molecule has 0 spiro atoms. The van der Waals surface area contributed by atoms with Crippen LogP contribution in [0.4, 0.5) is 0 Å². The van der Waals surface area contributed by atoms with Crippen LogP contribution in [0.3, 0.4) is 0 Å². The lowest BCUT2D eigenvalue weighted by Gasteiger charge is -2.11. The molecule has 6 nitrogen and oxygen atoms in total. The third-order valence-corrected chi connectivity index (χ3v) is 6.78. The van der Waals surface area contributed by atoms with Crippen molar-refractivity contribution < 1.29 is 8.42 Å². The number of sulfonamides is 1. The third-order valence-electron chi connectivity index (χ3n) is 4.12. The Morgan fingerprint density at radius 1 is 1.07 bits per heavy atom. The summed E-state index contributed by atoms with van der Waals surface area (Å²) >= 11 is 1.08. The molecule has 4 aromatic rings. The fourth-order valence-corrected chi connectivity index (χ4v) is 4.85. The minimum atomic E-state index is -3.94. The van der Waals surface area contributed by atoms with E-state index in [9.17, 15) is 13.7 Å². The van der Waals surface area contributed by atoms with Gasteiger partial charge in [0.1, 0.15) is 16.0 Å². The predicted molar refractivity (Wildman–Crippen MR) is 109 cm³/mol. The molecule has 2 heterocycles. The van der Waals surface area contributed by atoms with E-state index in [0.29, 0.717) is 16.9 Å². The zero-order valence-corrected chi connectivity index (χ0v) is 16.1. The van der Waals surface area contributed by atoms with Gasteiger partial charge in [-0.2, -0.15) is 18.1 Å². The van der Waals surface area contributed by atoms with E-state index in [0.717, 1.165) is 16.9 Å². The number of fused-ring (bicyclic) bond motifs is 1. The molecule has 0 aliphatic carbocycles. The van der Waals surface area contributed by atoms with E-state index in [4.69, 9.17) is 0 Å². The van der Waals surface area contributed by atoms with Gasteiger partial charge in [-0.1, -0.05) is 48.5 Å². The van der Waals surface area contributed by atoms with Crippen LogP contribution in [-0.2, 0) is 10.0 Å². The Hall–Kier alpha value is -3.28. The van der Waals surface area contributed by atoms with E-state index >= 15 is 0 Å². The molecular formula is C20H14N4O2S2. The molecule has 138 valence electrons. The Balaban J connectivity index is 1.89. The molecule has 0 aliphatic heterocycles. The quantitative estimate of drug-likeness (QED) is 0.504. The van der Waals surface area contributed by atoms with Crippen LogP contribution in [0, 0.1) is 11.3 Å². The van der Waals surface area contributed by atoms with Crippen LogP contribution in [0.2, 0.25) is 0 Å². The number of imidazole rings is 1. The number of para-hydroxylation sites is 2. The molecule has 1 atom stereocenters. The fraction of sp³-hybridized carbons (Fsp3) is 0.0500. The van der Waals surface area contributed by atoms with Crippen LogP contribution in [0.5, 0.6) is 0 Å². The summed E-state index contributed by atoms with van der Waals surface area (Å²) in [6.07, 6.45) is 0. The first-order valence-electron chi connectivity index (χ1n) is 8.36. The maximum absolute atomic E-state index is 12.8. The number of rotatable bonds is 5. The molecule has 2 aromatic heterocycles. The molecule has 4 rings (SSSR count). The predicted octanol–water partition coefficient (Wildman–Crippen LogP) is 4.11. The van der Waals surface area contributed by atoms with E-state index in [2.05, 4.69) is 20.4 Å². The second-order valence-corrected chi connectivity index (χ2v) is 8.73. The third kappa shape index (κ3) is 3.45. The SMILES string of the molecule is N#CC(C(=NS(=O)(=O)c1cccs1)c1ccccc1)c1nc2ccccc2[nH]1. The highest BCUT2D eigenvalue weighted by atomic mass is 32.2. The number of H-pyrrole nitrogens is 1. The van der Waals surface area contributed by atoms with Crippen LogP contribution >= 0.6 is 11.3 Å². The Bertz CT molecular complexity index is 1250. The zero-order valence-electron chi connectivity index (χ0n) is 14.5. The van der Waals surface area contributed by atoms with Crippen molar-refractivity contribution in [3.05, 3.63) is 83.5 Å². The van der Waals surface area contributed by atoms with Crippen molar-refractivity contribution in [3.63, 3.8) is 0 Å². The summed E-state index contributed by atoms with van der Waals surface area (Å²) in [5.41, 5.74) is 2.16. The summed E-state index contributed by atoms with van der Waals surface area (Å²) < 4.78 is 29.8. The van der Waals surface area contributed by atoms with Gasteiger partial charge in [-0.25, -0.2) is 4.98 Å². The van der Waals surface area contributed by atoms with Gasteiger partial charge < -0.3 is 4.98 Å². The summed E-state index contributed by atoms with van der Waals surface area (Å²) in [6.45, 7) is 0. The minimum Gasteiger partial charge on any atom is -0.341 e. The van der Waals surface area contributed by atoms with Gasteiger partial charge in [0.2, 0.25) is 0 Å². The largest absolute Gasteiger partial charge is 0.341 e. The summed E-state index contributed by atoms with van der Waals surface area (Å²) in [7, 11) is -3.94. The van der Waals surface area contributed by atoms with Gasteiger partial charge >= 0.3 is 0 Å². The number of nitrogens with zero attached hydrogens (tertiary/aromatic N) is 3. The molecule has 0 amide bonds. The topological polar surface area (TPSA) is 99.0 Å². The van der Waals surface area contributed by atoms with Crippen LogP contribution in [0.1, 0.15) is 17.3 Å². The molecule has 8 heteroatoms. The highest BCUT2D eigenvalue weighted by Gasteiger charge is 2.26. The molecule has 0 saturated carbocycles. The van der Waals surface area contributed by atoms with E-state index < -0.39 is 15.9 Å². The second kappa shape index (κ2) is 7.38. The van der Waals surface area contributed by atoms with Gasteiger partial charge in [0.05, 0.1) is 22.8 Å². The lowest BCUT2D eigenvalue weighted by Crippen LogP contribution is -2.16. The van der Waals surface area contributed by atoms with E-state index in [1.807, 2.05) is 30.3 Å². The molecule has 28 heavy (non-hydrogen) atoms. The smallest absolute Gasteiger partial charge is 0.292 e.